The van der Waals surface area contributed by atoms with E-state index in [1.165, 1.54) is 10.5 Å². The smallest absolute Gasteiger partial charge is 0.148 e. The Kier molecular flexibility index (Phi) is 2.81. The number of nitrogens with one attached hydrogen (secondary N) is 1. The van der Waals surface area contributed by atoms with Gasteiger partial charge >= 0.3 is 0 Å². The van der Waals surface area contributed by atoms with E-state index < -0.39 is 0 Å². The molecule has 1 aromatic carbocycles. The second-order valence-corrected chi connectivity index (χ2v) is 5.65. The molecule has 0 saturated heterocycles. The Morgan fingerprint density at radius 3 is 3.06 bits per heavy atom. The third-order valence-electron chi connectivity index (χ3n) is 2.94. The first-order valence-electron chi connectivity index (χ1n) is 5.79. The van der Waals surface area contributed by atoms with Crippen LogP contribution >= 0.6 is 11.8 Å². The molecule has 4 heteroatoms. The minimum atomic E-state index is 0.620. The van der Waals surface area contributed by atoms with E-state index in [0.29, 0.717) is 5.25 Å². The van der Waals surface area contributed by atoms with Crippen LogP contribution in [0, 0.1) is 0 Å². The minimum Gasteiger partial charge on any atom is -0.367 e. The van der Waals surface area contributed by atoms with E-state index in [1.807, 2.05) is 35.8 Å². The molecule has 3 rings (SSSR count). The van der Waals surface area contributed by atoms with Crippen molar-refractivity contribution in [3.63, 3.8) is 0 Å². The molecule has 0 amide bonds. The van der Waals surface area contributed by atoms with Crippen molar-refractivity contribution in [1.29, 1.82) is 0 Å². The van der Waals surface area contributed by atoms with E-state index in [2.05, 4.69) is 34.7 Å². The van der Waals surface area contributed by atoms with Gasteiger partial charge in [-0.05, 0) is 18.1 Å². The van der Waals surface area contributed by atoms with Crippen LogP contribution < -0.4 is 5.32 Å². The summed E-state index contributed by atoms with van der Waals surface area (Å²) in [5, 5.41) is 8.33. The maximum atomic E-state index is 4.32. The maximum absolute atomic E-state index is 4.32. The normalized spacial score (nSPS) is 18.1. The molecule has 0 saturated carbocycles. The number of rotatable bonds is 3. The second kappa shape index (κ2) is 4.45. The Hall–Kier alpha value is -1.42. The van der Waals surface area contributed by atoms with Gasteiger partial charge in [0.25, 0.3) is 0 Å². The van der Waals surface area contributed by atoms with Crippen LogP contribution in [-0.4, -0.2) is 21.6 Å². The van der Waals surface area contributed by atoms with Gasteiger partial charge in [0.2, 0.25) is 0 Å². The highest BCUT2D eigenvalue weighted by atomic mass is 32.2. The third-order valence-corrected chi connectivity index (χ3v) is 4.26. The van der Waals surface area contributed by atoms with Gasteiger partial charge in [0.1, 0.15) is 5.82 Å². The topological polar surface area (TPSA) is 29.9 Å². The van der Waals surface area contributed by atoms with Gasteiger partial charge in [-0.1, -0.05) is 18.2 Å². The Bertz CT molecular complexity index is 496. The highest BCUT2D eigenvalue weighted by Gasteiger charge is 2.21. The molecule has 1 N–H and O–H groups in total. The van der Waals surface area contributed by atoms with Crippen molar-refractivity contribution in [2.75, 3.05) is 11.9 Å². The lowest BCUT2D eigenvalue weighted by Crippen LogP contribution is -2.16. The van der Waals surface area contributed by atoms with E-state index in [4.69, 9.17) is 0 Å². The molecule has 17 heavy (non-hydrogen) atoms. The van der Waals surface area contributed by atoms with Gasteiger partial charge in [0.05, 0.1) is 0 Å². The van der Waals surface area contributed by atoms with Crippen molar-refractivity contribution in [3.05, 3.63) is 42.1 Å². The molecule has 0 aliphatic carbocycles. The molecule has 1 unspecified atom stereocenters. The van der Waals surface area contributed by atoms with Gasteiger partial charge in [-0.15, -0.1) is 11.8 Å². The van der Waals surface area contributed by atoms with Crippen LogP contribution in [0.2, 0.25) is 0 Å². The van der Waals surface area contributed by atoms with Gasteiger partial charge < -0.3 is 5.32 Å². The molecule has 1 aliphatic heterocycles. The maximum Gasteiger partial charge on any atom is 0.148 e. The number of thioether (sulfide) groups is 1. The first-order chi connectivity index (χ1) is 8.31. The van der Waals surface area contributed by atoms with E-state index >= 15 is 0 Å². The number of nitrogens with zero attached hydrogens (tertiary/aromatic N) is 2. The summed E-state index contributed by atoms with van der Waals surface area (Å²) in [4.78, 5) is 1.43. The average Bonchev–Trinajstić information content (AvgIpc) is 2.91. The first kappa shape index (κ1) is 10.7. The molecule has 2 heterocycles. The third kappa shape index (κ3) is 2.31. The standard InChI is InChI=1S/C13H15N3S/c1-16-7-6-13(15-16)14-9-11-8-10-4-2-3-5-12(10)17-11/h2-7,11H,8-9H2,1H3,(H,14,15). The van der Waals surface area contributed by atoms with Crippen LogP contribution in [0.15, 0.2) is 41.4 Å². The summed E-state index contributed by atoms with van der Waals surface area (Å²) >= 11 is 1.97. The number of anilines is 1. The van der Waals surface area contributed by atoms with Crippen LogP contribution in [0.1, 0.15) is 5.56 Å². The van der Waals surface area contributed by atoms with Gasteiger partial charge in [0, 0.05) is 36.0 Å². The molecular weight excluding hydrogens is 230 g/mol. The van der Waals surface area contributed by atoms with Crippen LogP contribution in [0.3, 0.4) is 0 Å². The molecule has 0 fully saturated rings. The molecule has 88 valence electrons. The van der Waals surface area contributed by atoms with Crippen molar-refractivity contribution in [2.24, 2.45) is 7.05 Å². The quantitative estimate of drug-likeness (QED) is 0.901. The predicted octanol–water partition coefficient (Wildman–Crippen LogP) is 2.55. The second-order valence-electron chi connectivity index (χ2n) is 4.31. The molecule has 0 spiro atoms. The van der Waals surface area contributed by atoms with E-state index in [-0.39, 0.29) is 0 Å². The summed E-state index contributed by atoms with van der Waals surface area (Å²) in [5.74, 6) is 0.962. The van der Waals surface area contributed by atoms with Crippen LogP contribution in [0.5, 0.6) is 0 Å². The number of fused-ring (bicyclic) bond motifs is 1. The number of aryl methyl sites for hydroxylation is 1. The number of benzene rings is 1. The lowest BCUT2D eigenvalue weighted by atomic mass is 10.1. The first-order valence-corrected chi connectivity index (χ1v) is 6.67. The zero-order valence-corrected chi connectivity index (χ0v) is 10.6. The highest BCUT2D eigenvalue weighted by molar-refractivity contribution is 8.00. The largest absolute Gasteiger partial charge is 0.367 e. The molecular formula is C13H15N3S. The van der Waals surface area contributed by atoms with Crippen LogP contribution in [0.25, 0.3) is 0 Å². The minimum absolute atomic E-state index is 0.620. The number of hydrogen-bond donors (Lipinski definition) is 1. The fraction of sp³-hybridized carbons (Fsp3) is 0.308. The summed E-state index contributed by atoms with van der Waals surface area (Å²) in [6, 6.07) is 10.7. The number of hydrogen-bond acceptors (Lipinski definition) is 3. The van der Waals surface area contributed by atoms with Crippen molar-refractivity contribution >= 4 is 17.6 Å². The van der Waals surface area contributed by atoms with Gasteiger partial charge in [-0.2, -0.15) is 5.10 Å². The van der Waals surface area contributed by atoms with Gasteiger partial charge in [-0.3, -0.25) is 4.68 Å². The van der Waals surface area contributed by atoms with E-state index in [0.717, 1.165) is 18.8 Å². The Morgan fingerprint density at radius 1 is 1.41 bits per heavy atom. The van der Waals surface area contributed by atoms with Crippen molar-refractivity contribution in [3.8, 4) is 0 Å². The summed E-state index contributed by atoms with van der Waals surface area (Å²) < 4.78 is 1.82. The number of aromatic nitrogens is 2. The SMILES string of the molecule is Cn1ccc(NCC2Cc3ccccc3S2)n1. The highest BCUT2D eigenvalue weighted by Crippen LogP contribution is 2.36. The van der Waals surface area contributed by atoms with E-state index in [9.17, 15) is 0 Å². The molecule has 3 nitrogen and oxygen atoms in total. The Labute approximate surface area is 105 Å². The monoisotopic (exact) mass is 245 g/mol. The zero-order valence-electron chi connectivity index (χ0n) is 9.76. The Morgan fingerprint density at radius 2 is 2.29 bits per heavy atom. The molecule has 2 aromatic rings. The van der Waals surface area contributed by atoms with Gasteiger partial charge in [-0.25, -0.2) is 0 Å². The summed E-state index contributed by atoms with van der Waals surface area (Å²) in [6.07, 6.45) is 3.11. The van der Waals surface area contributed by atoms with Crippen LogP contribution in [0.4, 0.5) is 5.82 Å². The van der Waals surface area contributed by atoms with Crippen LogP contribution in [-0.2, 0) is 13.5 Å². The lowest BCUT2D eigenvalue weighted by Gasteiger charge is -2.08. The van der Waals surface area contributed by atoms with Crippen molar-refractivity contribution in [1.82, 2.24) is 9.78 Å². The fourth-order valence-electron chi connectivity index (χ4n) is 2.10. The Balaban J connectivity index is 1.59. The lowest BCUT2D eigenvalue weighted by molar-refractivity contribution is 0.766. The molecule has 1 atom stereocenters. The molecule has 1 aromatic heterocycles. The van der Waals surface area contributed by atoms with E-state index in [1.54, 1.807) is 0 Å². The van der Waals surface area contributed by atoms with Gasteiger partial charge in [0.15, 0.2) is 0 Å². The summed E-state index contributed by atoms with van der Waals surface area (Å²) in [7, 11) is 1.94. The average molecular weight is 245 g/mol. The molecule has 0 bridgehead atoms. The summed E-state index contributed by atoms with van der Waals surface area (Å²) in [5.41, 5.74) is 1.48. The molecule has 0 radical (unpaired) electrons. The predicted molar refractivity (Wildman–Crippen MR) is 71.5 cm³/mol. The zero-order chi connectivity index (χ0) is 11.7. The van der Waals surface area contributed by atoms with Crippen molar-refractivity contribution in [2.45, 2.75) is 16.6 Å². The fourth-order valence-corrected chi connectivity index (χ4v) is 3.34. The summed E-state index contributed by atoms with van der Waals surface area (Å²) in [6.45, 7) is 0.969. The van der Waals surface area contributed by atoms with Crippen molar-refractivity contribution < 1.29 is 0 Å². The molecule has 1 aliphatic rings.